The summed E-state index contributed by atoms with van der Waals surface area (Å²) in [7, 11) is 0. The van der Waals surface area contributed by atoms with E-state index in [2.05, 4.69) is 106 Å². The Balaban J connectivity index is 0.000000156. The zero-order chi connectivity index (χ0) is 79.0. The minimum Gasteiger partial charge on any atom is -0.491 e. The minimum atomic E-state index is -0.969. The number of anilines is 4. The Hall–Kier alpha value is -11.0. The maximum Gasteiger partial charge on any atom is 0.262 e. The molecule has 0 aliphatic carbocycles. The van der Waals surface area contributed by atoms with Crippen molar-refractivity contribution in [3.8, 4) is 22.9 Å². The molecule has 2 unspecified atom stereocenters. The zero-order valence-corrected chi connectivity index (χ0v) is 64.7. The molecule has 9 aliphatic rings. The summed E-state index contributed by atoms with van der Waals surface area (Å²) >= 11 is 0. The fourth-order valence-corrected chi connectivity index (χ4v) is 15.9. The largest absolute Gasteiger partial charge is 0.491 e. The molecule has 7 aromatic rings. The van der Waals surface area contributed by atoms with E-state index in [1.807, 2.05) is 76.2 Å². The lowest BCUT2D eigenvalue weighted by atomic mass is 10.0. The van der Waals surface area contributed by atoms with Crippen molar-refractivity contribution in [2.24, 2.45) is 4.99 Å². The molecule has 8 amide bonds. The van der Waals surface area contributed by atoms with Gasteiger partial charge in [-0.25, -0.2) is 19.9 Å². The number of carbonyl (C=O) groups excluding carboxylic acids is 9. The number of hydrogen-bond acceptors (Lipinski definition) is 27. The van der Waals surface area contributed by atoms with Gasteiger partial charge in [0.25, 0.3) is 23.6 Å². The van der Waals surface area contributed by atoms with Crippen molar-refractivity contribution in [1.82, 2.24) is 70.6 Å². The molecular formula is C81H97N19O13. The number of aromatic amines is 1. The van der Waals surface area contributed by atoms with E-state index < -0.39 is 47.5 Å². The molecule has 594 valence electrons. The van der Waals surface area contributed by atoms with E-state index in [9.17, 15) is 43.2 Å². The predicted molar refractivity (Wildman–Crippen MR) is 421 cm³/mol. The van der Waals surface area contributed by atoms with Gasteiger partial charge in [-0.3, -0.25) is 83.6 Å². The van der Waals surface area contributed by atoms with E-state index >= 15 is 0 Å². The second-order valence-electron chi connectivity index (χ2n) is 30.1. The van der Waals surface area contributed by atoms with Crippen LogP contribution in [0.2, 0.25) is 0 Å². The number of rotatable bonds is 23. The van der Waals surface area contributed by atoms with Gasteiger partial charge in [-0.15, -0.1) is 0 Å². The van der Waals surface area contributed by atoms with Crippen LogP contribution in [0.5, 0.6) is 11.5 Å². The number of fused-ring (bicyclic) bond motifs is 4. The molecule has 6 fully saturated rings. The molecule has 3 aromatic heterocycles. The number of imide groups is 4. The number of aliphatic imine (C=N–C) groups is 1. The van der Waals surface area contributed by atoms with Gasteiger partial charge in [0.15, 0.2) is 0 Å². The lowest BCUT2D eigenvalue weighted by Crippen LogP contribution is -2.54. The fraction of sp³-hybridized carbons (Fsp3) is 0.469. The van der Waals surface area contributed by atoms with Gasteiger partial charge < -0.3 is 48.7 Å². The van der Waals surface area contributed by atoms with Crippen LogP contribution in [-0.2, 0) is 40.0 Å². The number of nitrogens with one attached hydrogen (secondary N) is 4. The first-order valence-corrected chi connectivity index (χ1v) is 39.1. The van der Waals surface area contributed by atoms with Gasteiger partial charge in [-0.1, -0.05) is 6.07 Å². The zero-order valence-electron chi connectivity index (χ0n) is 64.7. The normalized spacial score (nSPS) is 20.9. The van der Waals surface area contributed by atoms with Crippen LogP contribution < -0.4 is 45.0 Å². The SMILES string of the molecule is CC(C)Oc1ccc2[nH]nc(-c3cc(N4CCN(CCOCCN5CCN(c6ccc7c(c6)C(=O)N(C6CCC(=O)NC6=O)C7=O)CC5)[C@@H](C)C4)ncn3)c2c1.CC(C)Oc1ccc2c(c1)C(c1cc(N3CCN(CCOCC=O)[C@@H](C)C3)ncn1)=NC2.O=C1CCC(N2C(=O)c3ccc(N4CCNCC4)cc3C2=O)C(=O)N1. The summed E-state index contributed by atoms with van der Waals surface area (Å²) < 4.78 is 23.2. The van der Waals surface area contributed by atoms with Gasteiger partial charge in [0.1, 0.15) is 66.5 Å². The van der Waals surface area contributed by atoms with Gasteiger partial charge in [0, 0.05) is 171 Å². The molecule has 0 bridgehead atoms. The summed E-state index contributed by atoms with van der Waals surface area (Å²) in [4.78, 5) is 151. The molecule has 6 saturated heterocycles. The van der Waals surface area contributed by atoms with Crippen LogP contribution in [0.4, 0.5) is 23.0 Å². The Morgan fingerprint density at radius 2 is 1.03 bits per heavy atom. The summed E-state index contributed by atoms with van der Waals surface area (Å²) in [6, 6.07) is 25.5. The average molecular weight is 1540 g/mol. The maximum absolute atomic E-state index is 13.3. The summed E-state index contributed by atoms with van der Waals surface area (Å²) in [6.45, 7) is 29.7. The Kier molecular flexibility index (Phi) is 24.6. The second-order valence-corrected chi connectivity index (χ2v) is 30.1. The first-order chi connectivity index (χ1) is 54.7. The molecule has 0 spiro atoms. The summed E-state index contributed by atoms with van der Waals surface area (Å²) in [5.74, 6) is -0.413. The van der Waals surface area contributed by atoms with Crippen molar-refractivity contribution >= 4 is 93.2 Å². The number of aldehydes is 1. The molecule has 0 radical (unpaired) electrons. The van der Waals surface area contributed by atoms with E-state index in [4.69, 9.17) is 23.9 Å². The van der Waals surface area contributed by atoms with Crippen molar-refractivity contribution in [1.29, 1.82) is 0 Å². The Bertz CT molecular complexity index is 4770. The highest BCUT2D eigenvalue weighted by Crippen LogP contribution is 2.36. The number of ether oxygens (including phenoxy) is 4. The molecule has 4 atom stereocenters. The van der Waals surface area contributed by atoms with Crippen LogP contribution in [0, 0.1) is 0 Å². The number of H-pyrrole nitrogens is 1. The van der Waals surface area contributed by atoms with Gasteiger partial charge >= 0.3 is 0 Å². The van der Waals surface area contributed by atoms with Gasteiger partial charge in [0.2, 0.25) is 23.6 Å². The molecule has 16 rings (SSSR count). The topological polar surface area (TPSA) is 348 Å². The Morgan fingerprint density at radius 3 is 1.58 bits per heavy atom. The molecule has 9 aliphatic heterocycles. The van der Waals surface area contributed by atoms with E-state index in [-0.39, 0.29) is 56.3 Å². The van der Waals surface area contributed by atoms with Crippen LogP contribution in [0.1, 0.15) is 125 Å². The third-order valence-corrected chi connectivity index (χ3v) is 21.8. The monoisotopic (exact) mass is 1540 g/mol. The molecule has 4 N–H and O–H groups in total. The number of carbonyl (C=O) groups is 9. The van der Waals surface area contributed by atoms with Crippen LogP contribution in [-0.4, -0.2) is 288 Å². The minimum absolute atomic E-state index is 0.0788. The second kappa shape index (κ2) is 35.3. The summed E-state index contributed by atoms with van der Waals surface area (Å²) in [5, 5.41) is 16.4. The molecule has 32 nitrogen and oxygen atoms in total. The standard InChI is InChI=1S/C40H48N10O6.C24H31N5O3.C17H18N4O4/c1-25(2)56-28-5-7-32-31(21-28)37(45-44-32)33-22-35(42-24-41-33)49-15-14-47(26(3)23-49)17-19-55-18-16-46-10-12-48(13-11-46)27-4-6-29-30(20-27)40(54)50(39(29)53)34-8-9-36(51)43-38(34)52;1-17(2)32-20-5-4-19-14-25-24(21(19)12-20)22-13-23(27-16-26-22)29-7-6-28(18(3)15-29)8-10-31-11-9-30;22-14-4-3-13(15(23)19-14)21-16(24)11-2-1-10(9-12(11)17(21)25)20-7-5-18-6-8-20/h4-7,20-22,24-26,34H,8-19,23H2,1-3H3,(H,44,45)(H,43,51,52);4-5,9,12-13,16-18H,6-8,10-11,14-15H2,1-3H3;1-2,9,13,18H,3-8H2,(H,19,22,23)/t26-,34?;18-;/m00./s1. The average Bonchev–Trinajstić information content (AvgIpc) is 1.62. The van der Waals surface area contributed by atoms with Crippen molar-refractivity contribution in [2.75, 3.05) is 157 Å². The van der Waals surface area contributed by atoms with Crippen LogP contribution in [0.15, 0.2) is 103 Å². The quantitative estimate of drug-likeness (QED) is 0.0392. The van der Waals surface area contributed by atoms with Crippen LogP contribution in [0.25, 0.3) is 22.3 Å². The number of amides is 8. The van der Waals surface area contributed by atoms with Crippen molar-refractivity contribution in [2.45, 2.75) is 110 Å². The molecule has 12 heterocycles. The molecule has 4 aromatic carbocycles. The maximum atomic E-state index is 13.3. The molecule has 0 saturated carbocycles. The van der Waals surface area contributed by atoms with Crippen LogP contribution in [0.3, 0.4) is 0 Å². The van der Waals surface area contributed by atoms with Crippen LogP contribution >= 0.6 is 0 Å². The third kappa shape index (κ3) is 17.9. The van der Waals surface area contributed by atoms with Gasteiger partial charge in [-0.05, 0) is 127 Å². The lowest BCUT2D eigenvalue weighted by molar-refractivity contribution is -0.137. The molecule has 32 heteroatoms. The van der Waals surface area contributed by atoms with E-state index in [0.717, 1.165) is 201 Å². The third-order valence-electron chi connectivity index (χ3n) is 21.8. The number of nitrogens with zero attached hydrogens (tertiary/aromatic N) is 15. The van der Waals surface area contributed by atoms with Gasteiger partial charge in [0.05, 0.1) is 83.4 Å². The first kappa shape index (κ1) is 78.6. The Morgan fingerprint density at radius 1 is 0.513 bits per heavy atom. The predicted octanol–water partition coefficient (Wildman–Crippen LogP) is 4.40. The van der Waals surface area contributed by atoms with Crippen molar-refractivity contribution < 1.29 is 62.1 Å². The fourth-order valence-electron chi connectivity index (χ4n) is 15.9. The number of benzene rings is 4. The summed E-state index contributed by atoms with van der Waals surface area (Å²) in [5.41, 5.74) is 9.49. The number of hydrogen-bond donors (Lipinski definition) is 4. The van der Waals surface area contributed by atoms with Crippen molar-refractivity contribution in [3.05, 3.63) is 137 Å². The number of piperidine rings is 2. The smallest absolute Gasteiger partial charge is 0.262 e. The number of aromatic nitrogens is 6. The highest BCUT2D eigenvalue weighted by atomic mass is 16.5. The highest BCUT2D eigenvalue weighted by molar-refractivity contribution is 6.25. The highest BCUT2D eigenvalue weighted by Gasteiger charge is 2.47. The molecule has 113 heavy (non-hydrogen) atoms. The molecular weight excluding hydrogens is 1450 g/mol. The Labute approximate surface area is 654 Å². The first-order valence-electron chi connectivity index (χ1n) is 39.1. The van der Waals surface area contributed by atoms with E-state index in [0.29, 0.717) is 60.7 Å². The lowest BCUT2D eigenvalue weighted by Gasteiger charge is -2.40. The summed E-state index contributed by atoms with van der Waals surface area (Å²) in [6.07, 6.45) is 4.76. The van der Waals surface area contributed by atoms with Gasteiger partial charge in [-0.2, -0.15) is 5.10 Å². The van der Waals surface area contributed by atoms with E-state index in [1.165, 1.54) is 5.56 Å². The van der Waals surface area contributed by atoms with Crippen molar-refractivity contribution in [3.63, 3.8) is 0 Å². The van der Waals surface area contributed by atoms with E-state index in [1.54, 1.807) is 36.9 Å². The number of piperazine rings is 4.